The lowest BCUT2D eigenvalue weighted by Gasteiger charge is -2.13. The van der Waals surface area contributed by atoms with Crippen LogP contribution in [0.5, 0.6) is 0 Å². The number of nitrogens with two attached hydrogens (primary N) is 1. The zero-order valence-electron chi connectivity index (χ0n) is 11.0. The molecule has 0 spiro atoms. The molecule has 0 unspecified atom stereocenters. The minimum atomic E-state index is 0.619. The molecule has 0 atom stereocenters. The number of nitrogens with zero attached hydrogens (tertiary/aromatic N) is 2. The molecule has 3 heteroatoms. The van der Waals surface area contributed by atoms with Crippen LogP contribution in [0.4, 0.5) is 0 Å². The van der Waals surface area contributed by atoms with Crippen molar-refractivity contribution in [1.29, 1.82) is 0 Å². The Bertz CT molecular complexity index is 550. The first-order valence-corrected chi connectivity index (χ1v) is 6.77. The van der Waals surface area contributed by atoms with Crippen molar-refractivity contribution in [2.24, 2.45) is 12.8 Å². The van der Waals surface area contributed by atoms with E-state index in [0.29, 0.717) is 6.54 Å². The summed E-state index contributed by atoms with van der Waals surface area (Å²) in [7, 11) is 2.12. The van der Waals surface area contributed by atoms with Crippen molar-refractivity contribution in [2.75, 3.05) is 13.1 Å². The van der Waals surface area contributed by atoms with Crippen LogP contribution in [0.1, 0.15) is 24.0 Å². The van der Waals surface area contributed by atoms with E-state index in [0.717, 1.165) is 6.54 Å². The number of hydrogen-bond donors (Lipinski definition) is 1. The fraction of sp³-hybridized carbons (Fsp3) is 0.467. The summed E-state index contributed by atoms with van der Waals surface area (Å²) >= 11 is 0. The molecule has 3 rings (SSSR count). The van der Waals surface area contributed by atoms with Gasteiger partial charge in [-0.3, -0.25) is 4.90 Å². The van der Waals surface area contributed by atoms with Gasteiger partial charge in [-0.15, -0.1) is 0 Å². The molecule has 0 saturated carbocycles. The van der Waals surface area contributed by atoms with Crippen molar-refractivity contribution in [3.63, 3.8) is 0 Å². The molecule has 1 saturated heterocycles. The monoisotopic (exact) mass is 243 g/mol. The summed E-state index contributed by atoms with van der Waals surface area (Å²) in [6, 6.07) is 6.56. The molecule has 0 bridgehead atoms. The normalized spacial score (nSPS) is 16.8. The van der Waals surface area contributed by atoms with Crippen LogP contribution >= 0.6 is 0 Å². The Kier molecular flexibility index (Phi) is 3.10. The average Bonchev–Trinajstić information content (AvgIpc) is 2.99. The summed E-state index contributed by atoms with van der Waals surface area (Å²) in [5.74, 6) is 0. The van der Waals surface area contributed by atoms with Crippen molar-refractivity contribution >= 4 is 10.9 Å². The minimum absolute atomic E-state index is 0.619. The lowest BCUT2D eigenvalue weighted by molar-refractivity contribution is 0.332. The van der Waals surface area contributed by atoms with E-state index < -0.39 is 0 Å². The van der Waals surface area contributed by atoms with Crippen LogP contribution in [0, 0.1) is 0 Å². The average molecular weight is 243 g/mol. The van der Waals surface area contributed by atoms with Crippen LogP contribution < -0.4 is 5.73 Å². The Morgan fingerprint density at radius 2 is 2.00 bits per heavy atom. The number of likely N-dealkylation sites (tertiary alicyclic amines) is 1. The van der Waals surface area contributed by atoms with E-state index in [4.69, 9.17) is 5.73 Å². The van der Waals surface area contributed by atoms with Gasteiger partial charge < -0.3 is 10.3 Å². The fourth-order valence-corrected chi connectivity index (χ4v) is 2.96. The van der Waals surface area contributed by atoms with Crippen molar-refractivity contribution in [1.82, 2.24) is 9.47 Å². The van der Waals surface area contributed by atoms with Crippen molar-refractivity contribution in [3.8, 4) is 0 Å². The number of benzene rings is 1. The lowest BCUT2D eigenvalue weighted by atomic mass is 10.1. The maximum Gasteiger partial charge on any atom is 0.0481 e. The zero-order valence-corrected chi connectivity index (χ0v) is 11.0. The van der Waals surface area contributed by atoms with E-state index in [-0.39, 0.29) is 0 Å². The minimum Gasteiger partial charge on any atom is -0.350 e. The van der Waals surface area contributed by atoms with Crippen molar-refractivity contribution in [3.05, 3.63) is 35.5 Å². The Morgan fingerprint density at radius 1 is 1.22 bits per heavy atom. The maximum atomic E-state index is 5.74. The maximum absolute atomic E-state index is 5.74. The number of hydrogen-bond acceptors (Lipinski definition) is 2. The standard InChI is InChI=1S/C15H21N3/c1-17-10-13(11-18-6-2-3-7-18)14-8-12(9-16)4-5-15(14)17/h4-5,8,10H,2-3,6-7,9,11,16H2,1H3. The Hall–Kier alpha value is -1.32. The van der Waals surface area contributed by atoms with Gasteiger partial charge in [0.1, 0.15) is 0 Å². The van der Waals surface area contributed by atoms with Crippen LogP contribution in [0.2, 0.25) is 0 Å². The zero-order chi connectivity index (χ0) is 12.5. The van der Waals surface area contributed by atoms with Crippen LogP contribution in [0.15, 0.2) is 24.4 Å². The molecule has 0 aliphatic carbocycles. The highest BCUT2D eigenvalue weighted by molar-refractivity contribution is 5.84. The van der Waals surface area contributed by atoms with Gasteiger partial charge in [0.2, 0.25) is 0 Å². The van der Waals surface area contributed by atoms with Crippen LogP contribution in [0.25, 0.3) is 10.9 Å². The molecule has 2 heterocycles. The molecule has 1 aromatic heterocycles. The number of fused-ring (bicyclic) bond motifs is 1. The highest BCUT2D eigenvalue weighted by Gasteiger charge is 2.15. The fourth-order valence-electron chi connectivity index (χ4n) is 2.96. The van der Waals surface area contributed by atoms with Gasteiger partial charge in [0.15, 0.2) is 0 Å². The van der Waals surface area contributed by atoms with Crippen molar-refractivity contribution < 1.29 is 0 Å². The third-order valence-corrected chi connectivity index (χ3v) is 3.96. The predicted molar refractivity (Wildman–Crippen MR) is 75.3 cm³/mol. The molecule has 96 valence electrons. The molecule has 2 aromatic rings. The highest BCUT2D eigenvalue weighted by atomic mass is 15.1. The summed E-state index contributed by atoms with van der Waals surface area (Å²) in [5.41, 5.74) is 9.70. The third kappa shape index (κ3) is 2.04. The smallest absolute Gasteiger partial charge is 0.0481 e. The third-order valence-electron chi connectivity index (χ3n) is 3.96. The topological polar surface area (TPSA) is 34.2 Å². The molecule has 0 amide bonds. The molecule has 1 aromatic carbocycles. The molecule has 0 radical (unpaired) electrons. The predicted octanol–water partition coefficient (Wildman–Crippen LogP) is 2.23. The Labute approximate surface area is 108 Å². The number of aryl methyl sites for hydroxylation is 1. The number of rotatable bonds is 3. The summed E-state index contributed by atoms with van der Waals surface area (Å²) in [6.07, 6.45) is 4.96. The van der Waals surface area contributed by atoms with Gasteiger partial charge in [-0.05, 0) is 49.2 Å². The van der Waals surface area contributed by atoms with Gasteiger partial charge in [0, 0.05) is 37.2 Å². The largest absolute Gasteiger partial charge is 0.350 e. The molecule has 1 fully saturated rings. The van der Waals surface area contributed by atoms with Gasteiger partial charge in [-0.2, -0.15) is 0 Å². The Morgan fingerprint density at radius 3 is 2.72 bits per heavy atom. The molecule has 2 N–H and O–H groups in total. The van der Waals surface area contributed by atoms with E-state index in [1.165, 1.54) is 48.0 Å². The molecule has 1 aliphatic heterocycles. The Balaban J connectivity index is 1.99. The molecule has 3 nitrogen and oxygen atoms in total. The second kappa shape index (κ2) is 4.75. The van der Waals surface area contributed by atoms with Gasteiger partial charge in [-0.25, -0.2) is 0 Å². The second-order valence-electron chi connectivity index (χ2n) is 5.30. The number of aromatic nitrogens is 1. The van der Waals surface area contributed by atoms with E-state index in [9.17, 15) is 0 Å². The molecular weight excluding hydrogens is 222 g/mol. The summed E-state index contributed by atoms with van der Waals surface area (Å²) in [4.78, 5) is 2.55. The first kappa shape index (κ1) is 11.8. The van der Waals surface area contributed by atoms with Crippen LogP contribution in [0.3, 0.4) is 0 Å². The lowest BCUT2D eigenvalue weighted by Crippen LogP contribution is -2.18. The summed E-state index contributed by atoms with van der Waals surface area (Å²) in [5, 5.41) is 1.37. The first-order chi connectivity index (χ1) is 8.78. The molecule has 18 heavy (non-hydrogen) atoms. The van der Waals surface area contributed by atoms with Crippen LogP contribution in [-0.2, 0) is 20.1 Å². The van der Waals surface area contributed by atoms with Gasteiger partial charge in [0.05, 0.1) is 0 Å². The van der Waals surface area contributed by atoms with Gasteiger partial charge in [-0.1, -0.05) is 6.07 Å². The van der Waals surface area contributed by atoms with Gasteiger partial charge in [0.25, 0.3) is 0 Å². The van der Waals surface area contributed by atoms with E-state index in [1.54, 1.807) is 0 Å². The molecular formula is C15H21N3. The summed E-state index contributed by atoms with van der Waals surface area (Å²) < 4.78 is 2.22. The van der Waals surface area contributed by atoms with E-state index >= 15 is 0 Å². The highest BCUT2D eigenvalue weighted by Crippen LogP contribution is 2.24. The van der Waals surface area contributed by atoms with Gasteiger partial charge >= 0.3 is 0 Å². The quantitative estimate of drug-likeness (QED) is 0.897. The van der Waals surface area contributed by atoms with E-state index in [1.807, 2.05) is 0 Å². The van der Waals surface area contributed by atoms with Crippen molar-refractivity contribution in [2.45, 2.75) is 25.9 Å². The van der Waals surface area contributed by atoms with Crippen LogP contribution in [-0.4, -0.2) is 22.6 Å². The van der Waals surface area contributed by atoms with E-state index in [2.05, 4.69) is 40.9 Å². The second-order valence-corrected chi connectivity index (χ2v) is 5.30. The SMILES string of the molecule is Cn1cc(CN2CCCC2)c2cc(CN)ccc21. The molecule has 1 aliphatic rings. The summed E-state index contributed by atoms with van der Waals surface area (Å²) in [6.45, 7) is 4.18. The first-order valence-electron chi connectivity index (χ1n) is 6.77.